The van der Waals surface area contributed by atoms with Crippen molar-refractivity contribution < 1.29 is 19.0 Å². The van der Waals surface area contributed by atoms with E-state index in [1.54, 1.807) is 13.0 Å². The third-order valence-corrected chi connectivity index (χ3v) is 7.67. The van der Waals surface area contributed by atoms with Crippen molar-refractivity contribution in [3.63, 3.8) is 0 Å². The highest BCUT2D eigenvalue weighted by Crippen LogP contribution is 2.49. The molecule has 0 unspecified atom stereocenters. The summed E-state index contributed by atoms with van der Waals surface area (Å²) in [5, 5.41) is 16.9. The number of hydrazone groups is 1. The number of ether oxygens (including phenoxy) is 1. The van der Waals surface area contributed by atoms with Gasteiger partial charge in [-0.05, 0) is 37.1 Å². The Balaban J connectivity index is 1.43. The first-order chi connectivity index (χ1) is 17.0. The fourth-order valence-corrected chi connectivity index (χ4v) is 5.88. The first kappa shape index (κ1) is 23.8. The first-order valence-electron chi connectivity index (χ1n) is 12.5. The summed E-state index contributed by atoms with van der Waals surface area (Å²) < 4.78 is 20.3. The fraction of sp³-hybridized carbons (Fsp3) is 0.481. The molecule has 3 aliphatic heterocycles. The highest BCUT2D eigenvalue weighted by molar-refractivity contribution is 6.00. The Bertz CT molecular complexity index is 1090. The summed E-state index contributed by atoms with van der Waals surface area (Å²) in [7, 11) is 0. The van der Waals surface area contributed by atoms with Crippen LogP contribution in [0.2, 0.25) is 0 Å². The summed E-state index contributed by atoms with van der Waals surface area (Å²) in [6.45, 7) is 6.27. The molecule has 5 rings (SSSR count). The lowest BCUT2D eigenvalue weighted by molar-refractivity contribution is -0.130. The molecule has 8 heteroatoms. The monoisotopic (exact) mass is 480 g/mol. The molecule has 0 saturated carbocycles. The van der Waals surface area contributed by atoms with Crippen LogP contribution in [-0.4, -0.2) is 78.5 Å². The number of hydrogen-bond acceptors (Lipinski definition) is 6. The second-order valence-electron chi connectivity index (χ2n) is 9.59. The number of piperazine rings is 1. The second kappa shape index (κ2) is 9.95. The zero-order valence-electron chi connectivity index (χ0n) is 20.2. The van der Waals surface area contributed by atoms with Gasteiger partial charge in [0.2, 0.25) is 5.91 Å². The van der Waals surface area contributed by atoms with Crippen molar-refractivity contribution >= 4 is 17.3 Å². The number of amides is 1. The number of benzene rings is 2. The van der Waals surface area contributed by atoms with Gasteiger partial charge in [0.15, 0.2) is 0 Å². The lowest BCUT2D eigenvalue weighted by Gasteiger charge is -2.42. The van der Waals surface area contributed by atoms with E-state index >= 15 is 0 Å². The van der Waals surface area contributed by atoms with E-state index < -0.39 is 5.41 Å². The Kier molecular flexibility index (Phi) is 6.75. The molecule has 2 aromatic rings. The van der Waals surface area contributed by atoms with Crippen LogP contribution in [0.3, 0.4) is 0 Å². The molecule has 1 fully saturated rings. The molecule has 7 nitrogen and oxygen atoms in total. The standard InChI is InChI=1S/C27H33FN4O3/c1-20(34)31-15-13-30(14-16-31)12-5-11-27(21-6-3-2-4-7-21)25(10-17-33)29-32-23-18-22(28)8-9-24(23)35-19-26(27)32/h2-4,6-9,18,26,33H,5,10-17,19H2,1H3/t26-,27-/m0/s1. The molecule has 186 valence electrons. The minimum Gasteiger partial charge on any atom is -0.489 e. The minimum atomic E-state index is -0.449. The number of rotatable bonds is 7. The molecule has 0 bridgehead atoms. The molecule has 1 N–H and O–H groups in total. The molecule has 0 spiro atoms. The fourth-order valence-electron chi connectivity index (χ4n) is 5.88. The number of aliphatic hydroxyl groups is 1. The van der Waals surface area contributed by atoms with Crippen molar-refractivity contribution in [3.8, 4) is 5.75 Å². The minimum absolute atomic E-state index is 0.00213. The Morgan fingerprint density at radius 3 is 2.66 bits per heavy atom. The van der Waals surface area contributed by atoms with E-state index in [0.717, 1.165) is 56.8 Å². The number of fused-ring (bicyclic) bond motifs is 3. The van der Waals surface area contributed by atoms with E-state index in [0.29, 0.717) is 24.5 Å². The zero-order valence-corrected chi connectivity index (χ0v) is 20.2. The summed E-state index contributed by atoms with van der Waals surface area (Å²) in [5.41, 5.74) is 2.24. The number of halogens is 1. The van der Waals surface area contributed by atoms with E-state index in [1.807, 2.05) is 28.1 Å². The van der Waals surface area contributed by atoms with Gasteiger partial charge in [-0.2, -0.15) is 5.10 Å². The molecule has 0 aromatic heterocycles. The molecule has 35 heavy (non-hydrogen) atoms. The van der Waals surface area contributed by atoms with E-state index in [4.69, 9.17) is 9.84 Å². The van der Waals surface area contributed by atoms with Gasteiger partial charge in [0.1, 0.15) is 29.9 Å². The Labute approximate surface area is 205 Å². The van der Waals surface area contributed by atoms with Gasteiger partial charge in [-0.3, -0.25) is 14.7 Å². The molecule has 3 heterocycles. The van der Waals surface area contributed by atoms with Crippen LogP contribution in [-0.2, 0) is 10.2 Å². The maximum atomic E-state index is 14.2. The van der Waals surface area contributed by atoms with Crippen molar-refractivity contribution in [2.45, 2.75) is 37.6 Å². The average Bonchev–Trinajstić information content (AvgIpc) is 3.19. The quantitative estimate of drug-likeness (QED) is 0.660. The van der Waals surface area contributed by atoms with Gasteiger partial charge < -0.3 is 14.7 Å². The Morgan fingerprint density at radius 2 is 1.94 bits per heavy atom. The number of anilines is 1. The number of hydrogen-bond donors (Lipinski definition) is 1. The number of carbonyl (C=O) groups is 1. The summed E-state index contributed by atoms with van der Waals surface area (Å²) >= 11 is 0. The summed E-state index contributed by atoms with van der Waals surface area (Å²) in [6.07, 6.45) is 2.21. The maximum Gasteiger partial charge on any atom is 0.219 e. The summed E-state index contributed by atoms with van der Waals surface area (Å²) in [6, 6.07) is 14.8. The largest absolute Gasteiger partial charge is 0.489 e. The SMILES string of the molecule is CC(=O)N1CCN(CCC[C@]2(c3ccccc3)C(CCO)=NN3c4cc(F)ccc4OC[C@H]32)CC1. The Hall–Kier alpha value is -2.97. The van der Waals surface area contributed by atoms with Gasteiger partial charge in [-0.25, -0.2) is 4.39 Å². The van der Waals surface area contributed by atoms with Crippen molar-refractivity contribution in [2.75, 3.05) is 50.9 Å². The summed E-state index contributed by atoms with van der Waals surface area (Å²) in [5.74, 6) is 0.438. The lowest BCUT2D eigenvalue weighted by Crippen LogP contribution is -2.53. The lowest BCUT2D eigenvalue weighted by atomic mass is 9.67. The first-order valence-corrected chi connectivity index (χ1v) is 12.5. The van der Waals surface area contributed by atoms with E-state index in [2.05, 4.69) is 17.0 Å². The smallest absolute Gasteiger partial charge is 0.219 e. The molecule has 2 atom stereocenters. The van der Waals surface area contributed by atoms with Gasteiger partial charge in [0, 0.05) is 52.2 Å². The number of nitrogens with zero attached hydrogens (tertiary/aromatic N) is 4. The van der Waals surface area contributed by atoms with Gasteiger partial charge in [0.05, 0.1) is 11.1 Å². The predicted molar refractivity (Wildman–Crippen MR) is 133 cm³/mol. The molecule has 2 aromatic carbocycles. The van der Waals surface area contributed by atoms with Crippen molar-refractivity contribution in [2.24, 2.45) is 5.10 Å². The van der Waals surface area contributed by atoms with Gasteiger partial charge in [-0.1, -0.05) is 30.3 Å². The number of aliphatic hydroxyl groups excluding tert-OH is 1. The molecular formula is C27H33FN4O3. The van der Waals surface area contributed by atoms with Crippen LogP contribution in [0.4, 0.5) is 10.1 Å². The molecular weight excluding hydrogens is 447 g/mol. The second-order valence-corrected chi connectivity index (χ2v) is 9.59. The third kappa shape index (κ3) is 4.41. The molecule has 1 amide bonds. The third-order valence-electron chi connectivity index (χ3n) is 7.67. The van der Waals surface area contributed by atoms with Crippen LogP contribution < -0.4 is 9.75 Å². The van der Waals surface area contributed by atoms with Crippen LogP contribution >= 0.6 is 0 Å². The van der Waals surface area contributed by atoms with Gasteiger partial charge in [-0.15, -0.1) is 0 Å². The zero-order chi connectivity index (χ0) is 24.4. The summed E-state index contributed by atoms with van der Waals surface area (Å²) in [4.78, 5) is 16.0. The normalized spacial score (nSPS) is 24.0. The van der Waals surface area contributed by atoms with Gasteiger partial charge >= 0.3 is 0 Å². The van der Waals surface area contributed by atoms with Crippen LogP contribution in [0, 0.1) is 5.82 Å². The maximum absolute atomic E-state index is 14.2. The molecule has 0 radical (unpaired) electrons. The average molecular weight is 481 g/mol. The highest BCUT2D eigenvalue weighted by Gasteiger charge is 2.54. The van der Waals surface area contributed by atoms with Crippen LogP contribution in [0.5, 0.6) is 5.75 Å². The van der Waals surface area contributed by atoms with Gasteiger partial charge in [0.25, 0.3) is 0 Å². The molecule has 3 aliphatic rings. The van der Waals surface area contributed by atoms with Crippen LogP contribution in [0.25, 0.3) is 0 Å². The highest BCUT2D eigenvalue weighted by atomic mass is 19.1. The topological polar surface area (TPSA) is 68.6 Å². The number of carbonyl (C=O) groups excluding carboxylic acids is 1. The van der Waals surface area contributed by atoms with Crippen molar-refractivity contribution in [3.05, 3.63) is 59.9 Å². The predicted octanol–water partition coefficient (Wildman–Crippen LogP) is 3.03. The Morgan fingerprint density at radius 1 is 1.17 bits per heavy atom. The van der Waals surface area contributed by atoms with E-state index in [-0.39, 0.29) is 24.4 Å². The van der Waals surface area contributed by atoms with E-state index in [1.165, 1.54) is 12.1 Å². The molecule has 1 saturated heterocycles. The van der Waals surface area contributed by atoms with Crippen molar-refractivity contribution in [1.29, 1.82) is 0 Å². The van der Waals surface area contributed by atoms with Crippen molar-refractivity contribution in [1.82, 2.24) is 9.80 Å². The molecule has 0 aliphatic carbocycles. The van der Waals surface area contributed by atoms with Crippen LogP contribution in [0.1, 0.15) is 31.7 Å². The van der Waals surface area contributed by atoms with Crippen LogP contribution in [0.15, 0.2) is 53.6 Å². The van der Waals surface area contributed by atoms with E-state index in [9.17, 15) is 14.3 Å².